The number of rotatable bonds is 5. The summed E-state index contributed by atoms with van der Waals surface area (Å²) in [7, 11) is 0. The molecule has 0 saturated carbocycles. The number of fused-ring (bicyclic) bond motifs is 8. The van der Waals surface area contributed by atoms with Crippen LogP contribution in [0.4, 0.5) is 17.1 Å². The van der Waals surface area contributed by atoms with Crippen LogP contribution in [0, 0.1) is 0 Å². The van der Waals surface area contributed by atoms with Crippen LogP contribution in [-0.2, 0) is 0 Å². The van der Waals surface area contributed by atoms with Gasteiger partial charge in [-0.1, -0.05) is 158 Å². The van der Waals surface area contributed by atoms with Crippen LogP contribution in [0.2, 0.25) is 0 Å². The van der Waals surface area contributed by atoms with Crippen molar-refractivity contribution in [2.75, 3.05) is 4.90 Å². The molecule has 0 spiro atoms. The molecular weight excluding hydrogens is 607 g/mol. The Morgan fingerprint density at radius 3 is 1.76 bits per heavy atom. The summed E-state index contributed by atoms with van der Waals surface area (Å²) < 4.78 is 6.85. The van der Waals surface area contributed by atoms with Crippen LogP contribution in [0.3, 0.4) is 0 Å². The molecule has 9 aromatic carbocycles. The number of benzene rings is 9. The highest BCUT2D eigenvalue weighted by Crippen LogP contribution is 2.47. The second-order valence-electron chi connectivity index (χ2n) is 12.9. The molecule has 0 aliphatic carbocycles. The van der Waals surface area contributed by atoms with Crippen molar-refractivity contribution in [3.8, 4) is 22.3 Å². The molecule has 0 aliphatic heterocycles. The summed E-state index contributed by atoms with van der Waals surface area (Å²) in [6, 6.07) is 67.5. The van der Waals surface area contributed by atoms with E-state index in [1.54, 1.807) is 0 Å². The molecule has 0 saturated heterocycles. The maximum atomic E-state index is 6.85. The lowest BCUT2D eigenvalue weighted by atomic mass is 9.98. The van der Waals surface area contributed by atoms with Gasteiger partial charge in [-0.15, -0.1) is 0 Å². The van der Waals surface area contributed by atoms with Crippen molar-refractivity contribution in [2.24, 2.45) is 0 Å². The molecule has 0 aliphatic rings. The number of nitrogens with zero attached hydrogens (tertiary/aromatic N) is 1. The van der Waals surface area contributed by atoms with Gasteiger partial charge in [-0.3, -0.25) is 0 Å². The Morgan fingerprint density at radius 1 is 0.320 bits per heavy atom. The summed E-state index contributed by atoms with van der Waals surface area (Å²) >= 11 is 0. The van der Waals surface area contributed by atoms with E-state index in [-0.39, 0.29) is 0 Å². The van der Waals surface area contributed by atoms with Gasteiger partial charge in [0.05, 0.1) is 5.69 Å². The van der Waals surface area contributed by atoms with E-state index in [1.807, 2.05) is 0 Å². The third-order valence-electron chi connectivity index (χ3n) is 10.0. The van der Waals surface area contributed by atoms with Crippen molar-refractivity contribution in [3.63, 3.8) is 0 Å². The maximum Gasteiger partial charge on any atom is 0.143 e. The predicted molar refractivity (Wildman–Crippen MR) is 212 cm³/mol. The topological polar surface area (TPSA) is 16.4 Å². The Balaban J connectivity index is 1.27. The molecule has 1 heterocycles. The zero-order valence-electron chi connectivity index (χ0n) is 27.3. The van der Waals surface area contributed by atoms with Crippen molar-refractivity contribution in [2.45, 2.75) is 0 Å². The normalized spacial score (nSPS) is 11.6. The van der Waals surface area contributed by atoms with Gasteiger partial charge in [-0.05, 0) is 68.6 Å². The fourth-order valence-electron chi connectivity index (χ4n) is 7.65. The van der Waals surface area contributed by atoms with E-state index in [9.17, 15) is 0 Å². The molecule has 0 bridgehead atoms. The first-order valence-electron chi connectivity index (χ1n) is 17.1. The molecule has 0 unspecified atom stereocenters. The number of hydrogen-bond donors (Lipinski definition) is 0. The second-order valence-corrected chi connectivity index (χ2v) is 12.9. The Labute approximate surface area is 290 Å². The molecule has 50 heavy (non-hydrogen) atoms. The summed E-state index contributed by atoms with van der Waals surface area (Å²) in [6.07, 6.45) is 0. The number of anilines is 3. The lowest BCUT2D eigenvalue weighted by Crippen LogP contribution is -2.10. The van der Waals surface area contributed by atoms with Gasteiger partial charge in [0.25, 0.3) is 0 Å². The van der Waals surface area contributed by atoms with Gasteiger partial charge >= 0.3 is 0 Å². The molecular formula is C48H31NO. The van der Waals surface area contributed by atoms with Crippen LogP contribution >= 0.6 is 0 Å². The van der Waals surface area contributed by atoms with E-state index in [0.29, 0.717) is 0 Å². The van der Waals surface area contributed by atoms with Gasteiger partial charge in [0.1, 0.15) is 11.2 Å². The first kappa shape index (κ1) is 28.4. The Morgan fingerprint density at radius 2 is 0.920 bits per heavy atom. The van der Waals surface area contributed by atoms with Crippen LogP contribution < -0.4 is 4.90 Å². The monoisotopic (exact) mass is 637 g/mol. The number of furan rings is 1. The predicted octanol–water partition coefficient (Wildman–Crippen LogP) is 13.8. The van der Waals surface area contributed by atoms with Crippen LogP contribution in [0.15, 0.2) is 192 Å². The van der Waals surface area contributed by atoms with E-state index in [1.165, 1.54) is 32.7 Å². The summed E-state index contributed by atoms with van der Waals surface area (Å²) in [5.41, 5.74) is 9.71. The van der Waals surface area contributed by atoms with Gasteiger partial charge in [0.15, 0.2) is 0 Å². The van der Waals surface area contributed by atoms with Crippen molar-refractivity contribution < 1.29 is 4.42 Å². The number of hydrogen-bond acceptors (Lipinski definition) is 2. The first-order valence-corrected chi connectivity index (χ1v) is 17.1. The molecule has 2 heteroatoms. The summed E-state index contributed by atoms with van der Waals surface area (Å²) in [5.74, 6) is 0. The molecule has 10 rings (SSSR count). The highest BCUT2D eigenvalue weighted by molar-refractivity contribution is 6.21. The third kappa shape index (κ3) is 4.57. The van der Waals surface area contributed by atoms with E-state index >= 15 is 0 Å². The molecule has 234 valence electrons. The largest absolute Gasteiger partial charge is 0.455 e. The fraction of sp³-hybridized carbons (Fsp3) is 0. The van der Waals surface area contributed by atoms with Gasteiger partial charge in [0, 0.05) is 38.5 Å². The summed E-state index contributed by atoms with van der Waals surface area (Å²) in [6.45, 7) is 0. The van der Waals surface area contributed by atoms with Crippen LogP contribution in [0.5, 0.6) is 0 Å². The van der Waals surface area contributed by atoms with E-state index in [0.717, 1.165) is 60.9 Å². The first-order chi connectivity index (χ1) is 24.8. The average Bonchev–Trinajstić information content (AvgIpc) is 3.58. The number of para-hydroxylation sites is 1. The summed E-state index contributed by atoms with van der Waals surface area (Å²) in [4.78, 5) is 2.42. The zero-order chi connectivity index (χ0) is 33.0. The molecule has 10 aromatic rings. The van der Waals surface area contributed by atoms with Gasteiger partial charge in [-0.25, -0.2) is 0 Å². The zero-order valence-corrected chi connectivity index (χ0v) is 27.3. The minimum absolute atomic E-state index is 0.908. The molecule has 0 N–H and O–H groups in total. The lowest BCUT2D eigenvalue weighted by Gasteiger charge is -2.28. The molecule has 2 nitrogen and oxygen atoms in total. The van der Waals surface area contributed by atoms with Crippen molar-refractivity contribution in [1.29, 1.82) is 0 Å². The lowest BCUT2D eigenvalue weighted by molar-refractivity contribution is 0.674. The highest BCUT2D eigenvalue weighted by atomic mass is 16.3. The molecule has 0 amide bonds. The SMILES string of the molecule is c1ccc(-c2cccc(N(c3ccc4c(ccc5ccccc54)c3)c3cc4c5cccc(-c6ccccc6)c5oc4c4ccccc34)c2)cc1. The Hall–Kier alpha value is -6.64. The molecule has 0 fully saturated rings. The Kier molecular flexibility index (Phi) is 6.53. The molecule has 1 aromatic heterocycles. The van der Waals surface area contributed by atoms with Crippen molar-refractivity contribution >= 4 is 71.3 Å². The van der Waals surface area contributed by atoms with E-state index in [4.69, 9.17) is 4.42 Å². The molecule has 0 radical (unpaired) electrons. The van der Waals surface area contributed by atoms with E-state index in [2.05, 4.69) is 193 Å². The van der Waals surface area contributed by atoms with Gasteiger partial charge in [-0.2, -0.15) is 0 Å². The minimum atomic E-state index is 0.908. The maximum absolute atomic E-state index is 6.85. The second kappa shape index (κ2) is 11.5. The smallest absolute Gasteiger partial charge is 0.143 e. The quantitative estimate of drug-likeness (QED) is 0.175. The Bertz CT molecular complexity index is 2870. The molecule has 0 atom stereocenters. The minimum Gasteiger partial charge on any atom is -0.455 e. The van der Waals surface area contributed by atoms with Gasteiger partial charge in [0.2, 0.25) is 0 Å². The fourth-order valence-corrected chi connectivity index (χ4v) is 7.65. The van der Waals surface area contributed by atoms with Crippen LogP contribution in [-0.4, -0.2) is 0 Å². The van der Waals surface area contributed by atoms with Crippen molar-refractivity contribution in [3.05, 3.63) is 188 Å². The van der Waals surface area contributed by atoms with Crippen LogP contribution in [0.1, 0.15) is 0 Å². The third-order valence-corrected chi connectivity index (χ3v) is 10.0. The highest BCUT2D eigenvalue weighted by Gasteiger charge is 2.22. The van der Waals surface area contributed by atoms with Crippen molar-refractivity contribution in [1.82, 2.24) is 0 Å². The standard InChI is InChI=1S/C48H31NO/c1-3-13-32(14-4-1)35-18-11-19-37(29-35)49(38-27-28-40-36(30-38)26-25-34-17-7-8-20-39(34)40)46-31-45-44-24-12-23-41(33-15-5-2-6-16-33)47(44)50-48(45)43-22-10-9-21-42(43)46/h1-31H. The van der Waals surface area contributed by atoms with E-state index < -0.39 is 0 Å². The van der Waals surface area contributed by atoms with Gasteiger partial charge < -0.3 is 9.32 Å². The summed E-state index contributed by atoms with van der Waals surface area (Å²) in [5, 5.41) is 9.39. The average molecular weight is 638 g/mol. The van der Waals surface area contributed by atoms with Crippen LogP contribution in [0.25, 0.3) is 76.5 Å².